The van der Waals surface area contributed by atoms with Crippen LogP contribution in [0.4, 0.5) is 9.18 Å². The zero-order chi connectivity index (χ0) is 22.3. The molecule has 0 radical (unpaired) electrons. The zero-order valence-electron chi connectivity index (χ0n) is 17.1. The summed E-state index contributed by atoms with van der Waals surface area (Å²) in [6, 6.07) is 19.8. The van der Waals surface area contributed by atoms with E-state index in [9.17, 15) is 9.18 Å². The van der Waals surface area contributed by atoms with E-state index < -0.39 is 6.09 Å². The summed E-state index contributed by atoms with van der Waals surface area (Å²) < 4.78 is 14.5. The Hall–Kier alpha value is -4.04. The van der Waals surface area contributed by atoms with Crippen LogP contribution in [-0.2, 0) is 0 Å². The van der Waals surface area contributed by atoms with Gasteiger partial charge in [-0.15, -0.1) is 0 Å². The molecule has 0 bridgehead atoms. The second kappa shape index (κ2) is 9.84. The van der Waals surface area contributed by atoms with Crippen molar-refractivity contribution in [2.75, 3.05) is 13.1 Å². The summed E-state index contributed by atoms with van der Waals surface area (Å²) in [7, 11) is 0. The lowest BCUT2D eigenvalue weighted by Crippen LogP contribution is -2.33. The van der Waals surface area contributed by atoms with Gasteiger partial charge >= 0.3 is 6.09 Å². The fourth-order valence-corrected chi connectivity index (χ4v) is 3.54. The average Bonchev–Trinajstić information content (AvgIpc) is 3.29. The molecule has 0 saturated carbocycles. The smallest absolute Gasteiger partial charge is 0.404 e. The van der Waals surface area contributed by atoms with Crippen molar-refractivity contribution in [2.24, 2.45) is 0 Å². The lowest BCUT2D eigenvalue weighted by atomic mass is 9.96. The number of hydrogen-bond donors (Lipinski definition) is 4. The first-order valence-corrected chi connectivity index (χ1v) is 10.1. The lowest BCUT2D eigenvalue weighted by molar-refractivity contribution is 0.194. The van der Waals surface area contributed by atoms with Gasteiger partial charge in [0, 0.05) is 36.0 Å². The lowest BCUT2D eigenvalue weighted by Gasteiger charge is -2.20. The fourth-order valence-electron chi connectivity index (χ4n) is 3.54. The number of hydrogen-bond acceptors (Lipinski definition) is 4. The van der Waals surface area contributed by atoms with Crippen molar-refractivity contribution in [3.05, 3.63) is 96.1 Å². The summed E-state index contributed by atoms with van der Waals surface area (Å²) in [6.07, 6.45) is 2.32. The van der Waals surface area contributed by atoms with Crippen molar-refractivity contribution >= 4 is 6.09 Å². The van der Waals surface area contributed by atoms with Gasteiger partial charge in [-0.05, 0) is 23.8 Å². The number of carbonyl (C=O) groups is 1. The number of aromatic nitrogens is 3. The van der Waals surface area contributed by atoms with Crippen molar-refractivity contribution in [1.29, 1.82) is 0 Å². The van der Waals surface area contributed by atoms with E-state index >= 15 is 0 Å². The molecule has 0 aliphatic carbocycles. The van der Waals surface area contributed by atoms with Crippen molar-refractivity contribution in [1.82, 2.24) is 25.8 Å². The number of rotatable bonds is 8. The molecule has 8 heteroatoms. The maximum atomic E-state index is 14.5. The normalized spacial score (nSPS) is 11.8. The Morgan fingerprint density at radius 2 is 1.78 bits per heavy atom. The van der Waals surface area contributed by atoms with E-state index in [1.54, 1.807) is 30.6 Å². The highest BCUT2D eigenvalue weighted by Gasteiger charge is 2.22. The van der Waals surface area contributed by atoms with Crippen LogP contribution < -0.4 is 10.6 Å². The molecule has 1 atom stereocenters. The van der Waals surface area contributed by atoms with E-state index in [-0.39, 0.29) is 18.4 Å². The Morgan fingerprint density at radius 1 is 1.00 bits per heavy atom. The average molecular weight is 431 g/mol. The van der Waals surface area contributed by atoms with Crippen LogP contribution in [0.5, 0.6) is 0 Å². The van der Waals surface area contributed by atoms with Crippen LogP contribution in [0.3, 0.4) is 0 Å². The number of nitrogens with zero attached hydrogens (tertiary/aromatic N) is 2. The molecule has 1 amide bonds. The predicted octanol–water partition coefficient (Wildman–Crippen LogP) is 4.22. The van der Waals surface area contributed by atoms with E-state index in [1.165, 1.54) is 6.07 Å². The van der Waals surface area contributed by atoms with E-state index in [0.29, 0.717) is 17.8 Å². The second-order valence-electron chi connectivity index (χ2n) is 7.14. The van der Waals surface area contributed by atoms with E-state index in [2.05, 4.69) is 25.8 Å². The molecule has 7 nitrogen and oxygen atoms in total. The van der Waals surface area contributed by atoms with Crippen LogP contribution in [-0.4, -0.2) is 39.5 Å². The van der Waals surface area contributed by atoms with Crippen LogP contribution in [0.25, 0.3) is 22.5 Å². The highest BCUT2D eigenvalue weighted by molar-refractivity contribution is 5.66. The first-order valence-electron chi connectivity index (χ1n) is 10.1. The molecule has 2 heterocycles. The van der Waals surface area contributed by atoms with Gasteiger partial charge in [0.2, 0.25) is 0 Å². The SMILES string of the molecule is O=C(O)NCCNC(c1ccc(-c2ccccc2)nc1)c1cn[nH]c1-c1ccccc1F. The number of carboxylic acid groups (broad SMARTS) is 1. The molecular formula is C24H22FN5O2. The Kier molecular flexibility index (Phi) is 6.52. The summed E-state index contributed by atoms with van der Waals surface area (Å²) in [5.41, 5.74) is 4.38. The molecular weight excluding hydrogens is 409 g/mol. The summed E-state index contributed by atoms with van der Waals surface area (Å²) in [6.45, 7) is 0.577. The molecule has 32 heavy (non-hydrogen) atoms. The molecule has 2 aromatic carbocycles. The van der Waals surface area contributed by atoms with Gasteiger partial charge in [0.25, 0.3) is 0 Å². The maximum Gasteiger partial charge on any atom is 0.404 e. The molecule has 0 aliphatic rings. The standard InChI is InChI=1S/C24H22FN5O2/c25-20-9-5-4-8-18(20)23-19(15-29-30-23)22(26-12-13-27-24(31)32)17-10-11-21(28-14-17)16-6-2-1-3-7-16/h1-11,14-15,22,26-27H,12-13H2,(H,29,30)(H,31,32). The highest BCUT2D eigenvalue weighted by atomic mass is 19.1. The van der Waals surface area contributed by atoms with Gasteiger partial charge in [0.1, 0.15) is 5.82 Å². The molecule has 2 aromatic heterocycles. The quantitative estimate of drug-likeness (QED) is 0.313. The van der Waals surface area contributed by atoms with E-state index in [1.807, 2.05) is 42.5 Å². The first kappa shape index (κ1) is 21.2. The topological polar surface area (TPSA) is 103 Å². The van der Waals surface area contributed by atoms with E-state index in [0.717, 1.165) is 22.4 Å². The molecule has 4 aromatic rings. The molecule has 1 unspecified atom stereocenters. The Morgan fingerprint density at radius 3 is 2.50 bits per heavy atom. The molecule has 0 saturated heterocycles. The molecule has 4 N–H and O–H groups in total. The van der Waals surface area contributed by atoms with Gasteiger partial charge in [-0.3, -0.25) is 10.1 Å². The molecule has 0 aliphatic heterocycles. The van der Waals surface area contributed by atoms with Crippen molar-refractivity contribution in [2.45, 2.75) is 6.04 Å². The third-order valence-electron chi connectivity index (χ3n) is 5.06. The Bertz CT molecular complexity index is 1180. The molecule has 4 rings (SSSR count). The van der Waals surface area contributed by atoms with Gasteiger partial charge in [0.05, 0.1) is 23.6 Å². The van der Waals surface area contributed by atoms with Gasteiger partial charge < -0.3 is 15.7 Å². The van der Waals surface area contributed by atoms with Crippen LogP contribution in [0, 0.1) is 5.82 Å². The highest BCUT2D eigenvalue weighted by Crippen LogP contribution is 2.32. The number of amides is 1. The zero-order valence-corrected chi connectivity index (χ0v) is 17.1. The largest absolute Gasteiger partial charge is 0.465 e. The number of benzene rings is 2. The monoisotopic (exact) mass is 431 g/mol. The number of pyridine rings is 1. The van der Waals surface area contributed by atoms with Gasteiger partial charge in [-0.2, -0.15) is 5.10 Å². The first-order chi connectivity index (χ1) is 15.6. The minimum absolute atomic E-state index is 0.217. The van der Waals surface area contributed by atoms with Gasteiger partial charge in [0.15, 0.2) is 0 Å². The third kappa shape index (κ3) is 4.81. The van der Waals surface area contributed by atoms with Crippen molar-refractivity contribution in [3.63, 3.8) is 0 Å². The van der Waals surface area contributed by atoms with Crippen molar-refractivity contribution in [3.8, 4) is 22.5 Å². The van der Waals surface area contributed by atoms with Gasteiger partial charge in [-0.25, -0.2) is 9.18 Å². The van der Waals surface area contributed by atoms with Crippen molar-refractivity contribution < 1.29 is 14.3 Å². The van der Waals surface area contributed by atoms with Crippen LogP contribution >= 0.6 is 0 Å². The summed E-state index contributed by atoms with van der Waals surface area (Å²) >= 11 is 0. The molecule has 0 fully saturated rings. The van der Waals surface area contributed by atoms with Crippen LogP contribution in [0.1, 0.15) is 17.2 Å². The number of halogens is 1. The Balaban J connectivity index is 1.67. The third-order valence-corrected chi connectivity index (χ3v) is 5.06. The number of H-pyrrole nitrogens is 1. The van der Waals surface area contributed by atoms with Gasteiger partial charge in [-0.1, -0.05) is 48.5 Å². The minimum atomic E-state index is -1.09. The van der Waals surface area contributed by atoms with Crippen LogP contribution in [0.15, 0.2) is 79.1 Å². The molecule has 162 valence electrons. The number of nitrogens with one attached hydrogen (secondary N) is 3. The fraction of sp³-hybridized carbons (Fsp3) is 0.125. The summed E-state index contributed by atoms with van der Waals surface area (Å²) in [4.78, 5) is 15.4. The van der Waals surface area contributed by atoms with Crippen LogP contribution in [0.2, 0.25) is 0 Å². The maximum absolute atomic E-state index is 14.5. The summed E-state index contributed by atoms with van der Waals surface area (Å²) in [5, 5.41) is 21.6. The molecule has 0 spiro atoms. The van der Waals surface area contributed by atoms with E-state index in [4.69, 9.17) is 5.11 Å². The summed E-state index contributed by atoms with van der Waals surface area (Å²) in [5.74, 6) is -0.359. The number of aromatic amines is 1. The predicted molar refractivity (Wildman–Crippen MR) is 120 cm³/mol. The second-order valence-corrected chi connectivity index (χ2v) is 7.14. The Labute approximate surface area is 184 Å². The minimum Gasteiger partial charge on any atom is -0.465 e.